The second kappa shape index (κ2) is 7.80. The van der Waals surface area contributed by atoms with Gasteiger partial charge in [-0.2, -0.15) is 11.8 Å². The Morgan fingerprint density at radius 2 is 2.42 bits per heavy atom. The summed E-state index contributed by atoms with van der Waals surface area (Å²) in [7, 11) is 0. The first kappa shape index (κ1) is 14.7. The third kappa shape index (κ3) is 4.73. The zero-order valence-electron chi connectivity index (χ0n) is 11.7. The maximum Gasteiger partial charge on any atom is 0.191 e. The van der Waals surface area contributed by atoms with Crippen molar-refractivity contribution in [3.8, 4) is 0 Å². The quantitative estimate of drug-likeness (QED) is 0.648. The van der Waals surface area contributed by atoms with E-state index in [1.807, 2.05) is 11.8 Å². The van der Waals surface area contributed by atoms with Crippen molar-refractivity contribution in [3.05, 3.63) is 22.4 Å². The monoisotopic (exact) mass is 297 g/mol. The van der Waals surface area contributed by atoms with Crippen LogP contribution in [0.1, 0.15) is 31.1 Å². The van der Waals surface area contributed by atoms with Crippen LogP contribution in [0.3, 0.4) is 0 Å². The molecule has 1 aliphatic rings. The first-order valence-corrected chi connectivity index (χ1v) is 9.08. The van der Waals surface area contributed by atoms with Gasteiger partial charge in [-0.05, 0) is 43.9 Å². The van der Waals surface area contributed by atoms with E-state index in [9.17, 15) is 0 Å². The van der Waals surface area contributed by atoms with Crippen LogP contribution in [0.2, 0.25) is 0 Å². The van der Waals surface area contributed by atoms with Crippen molar-refractivity contribution in [2.45, 2.75) is 44.0 Å². The number of thiophene rings is 1. The van der Waals surface area contributed by atoms with E-state index < -0.39 is 0 Å². The number of guanidine groups is 1. The minimum atomic E-state index is 0.582. The smallest absolute Gasteiger partial charge is 0.191 e. The molecule has 1 saturated carbocycles. The summed E-state index contributed by atoms with van der Waals surface area (Å²) in [5.41, 5.74) is 0. The predicted molar refractivity (Wildman–Crippen MR) is 87.2 cm³/mol. The fourth-order valence-electron chi connectivity index (χ4n) is 2.36. The SMILES string of the molecule is CCNC(=NCc1cccs1)NC1CCC(SC)C1. The normalized spacial score (nSPS) is 23.6. The number of hydrogen-bond donors (Lipinski definition) is 2. The Balaban J connectivity index is 1.87. The number of aliphatic imine (C=N–C) groups is 1. The van der Waals surface area contributed by atoms with Gasteiger partial charge in [0.2, 0.25) is 0 Å². The lowest BCUT2D eigenvalue weighted by Gasteiger charge is -2.17. The van der Waals surface area contributed by atoms with Gasteiger partial charge in [0.15, 0.2) is 5.96 Å². The average molecular weight is 297 g/mol. The highest BCUT2D eigenvalue weighted by atomic mass is 32.2. The Hall–Kier alpha value is -0.680. The molecular weight excluding hydrogens is 274 g/mol. The summed E-state index contributed by atoms with van der Waals surface area (Å²) in [6.45, 7) is 3.79. The topological polar surface area (TPSA) is 36.4 Å². The van der Waals surface area contributed by atoms with Gasteiger partial charge in [0.1, 0.15) is 0 Å². The maximum absolute atomic E-state index is 4.67. The van der Waals surface area contributed by atoms with Crippen LogP contribution in [-0.2, 0) is 6.54 Å². The molecule has 2 unspecified atom stereocenters. The van der Waals surface area contributed by atoms with E-state index in [1.165, 1.54) is 24.1 Å². The standard InChI is InChI=1S/C14H23N3S2/c1-3-15-14(16-10-13-5-4-8-19-13)17-11-6-7-12(9-11)18-2/h4-5,8,11-12H,3,6-7,9-10H2,1-2H3,(H2,15,16,17). The molecule has 1 heterocycles. The Kier molecular flexibility index (Phi) is 6.04. The molecule has 0 bridgehead atoms. The van der Waals surface area contributed by atoms with Gasteiger partial charge in [0.25, 0.3) is 0 Å². The Bertz CT molecular complexity index is 389. The van der Waals surface area contributed by atoms with Crippen LogP contribution < -0.4 is 10.6 Å². The van der Waals surface area contributed by atoms with E-state index in [2.05, 4.69) is 46.3 Å². The van der Waals surface area contributed by atoms with E-state index in [0.29, 0.717) is 6.04 Å². The molecule has 0 aromatic carbocycles. The number of rotatable bonds is 5. The molecule has 2 rings (SSSR count). The highest BCUT2D eigenvalue weighted by molar-refractivity contribution is 7.99. The molecule has 0 saturated heterocycles. The molecular formula is C14H23N3S2. The molecule has 1 aliphatic carbocycles. The first-order valence-electron chi connectivity index (χ1n) is 6.91. The summed E-state index contributed by atoms with van der Waals surface area (Å²) >= 11 is 3.75. The summed E-state index contributed by atoms with van der Waals surface area (Å²) < 4.78 is 0. The first-order chi connectivity index (χ1) is 9.31. The Labute approximate surface area is 124 Å². The van der Waals surface area contributed by atoms with Crippen LogP contribution in [-0.4, -0.2) is 30.1 Å². The molecule has 1 aromatic heterocycles. The van der Waals surface area contributed by atoms with Gasteiger partial charge in [0.05, 0.1) is 6.54 Å². The molecule has 19 heavy (non-hydrogen) atoms. The van der Waals surface area contributed by atoms with Gasteiger partial charge in [-0.15, -0.1) is 11.3 Å². The zero-order chi connectivity index (χ0) is 13.5. The largest absolute Gasteiger partial charge is 0.357 e. The van der Waals surface area contributed by atoms with Crippen molar-refractivity contribution in [2.75, 3.05) is 12.8 Å². The number of thioether (sulfide) groups is 1. The summed E-state index contributed by atoms with van der Waals surface area (Å²) in [5.74, 6) is 0.961. The summed E-state index contributed by atoms with van der Waals surface area (Å²) in [6, 6.07) is 4.80. The average Bonchev–Trinajstić information content (AvgIpc) is 3.07. The number of nitrogens with one attached hydrogen (secondary N) is 2. The van der Waals surface area contributed by atoms with Gasteiger partial charge >= 0.3 is 0 Å². The van der Waals surface area contributed by atoms with E-state index >= 15 is 0 Å². The summed E-state index contributed by atoms with van der Waals surface area (Å²) in [4.78, 5) is 5.98. The lowest BCUT2D eigenvalue weighted by atomic mass is 10.2. The second-order valence-corrected chi connectivity index (χ2v) is 6.96. The number of hydrogen-bond acceptors (Lipinski definition) is 3. The zero-order valence-corrected chi connectivity index (χ0v) is 13.3. The molecule has 2 N–H and O–H groups in total. The minimum absolute atomic E-state index is 0.582. The third-order valence-electron chi connectivity index (χ3n) is 3.38. The van der Waals surface area contributed by atoms with E-state index in [0.717, 1.165) is 24.3 Å². The molecule has 3 nitrogen and oxygen atoms in total. The van der Waals surface area contributed by atoms with Crippen LogP contribution in [0.4, 0.5) is 0 Å². The van der Waals surface area contributed by atoms with Gasteiger partial charge < -0.3 is 10.6 Å². The lowest BCUT2D eigenvalue weighted by Crippen LogP contribution is -2.42. The molecule has 0 radical (unpaired) electrons. The fraction of sp³-hybridized carbons (Fsp3) is 0.643. The van der Waals surface area contributed by atoms with Gasteiger partial charge in [0, 0.05) is 22.7 Å². The molecule has 5 heteroatoms. The highest BCUT2D eigenvalue weighted by Crippen LogP contribution is 2.28. The number of nitrogens with zero attached hydrogens (tertiary/aromatic N) is 1. The molecule has 1 aromatic rings. The molecule has 0 spiro atoms. The summed E-state index contributed by atoms with van der Waals surface area (Å²) in [6.07, 6.45) is 6.05. The highest BCUT2D eigenvalue weighted by Gasteiger charge is 2.24. The van der Waals surface area contributed by atoms with Crippen LogP contribution >= 0.6 is 23.1 Å². The second-order valence-electron chi connectivity index (χ2n) is 4.79. The molecule has 106 valence electrons. The minimum Gasteiger partial charge on any atom is -0.357 e. The van der Waals surface area contributed by atoms with Crippen LogP contribution in [0.5, 0.6) is 0 Å². The van der Waals surface area contributed by atoms with Crippen LogP contribution in [0.25, 0.3) is 0 Å². The van der Waals surface area contributed by atoms with E-state index in [1.54, 1.807) is 11.3 Å². The lowest BCUT2D eigenvalue weighted by molar-refractivity contribution is 0.615. The van der Waals surface area contributed by atoms with Crippen molar-refractivity contribution in [2.24, 2.45) is 4.99 Å². The van der Waals surface area contributed by atoms with Crippen molar-refractivity contribution < 1.29 is 0 Å². The third-order valence-corrected chi connectivity index (χ3v) is 5.33. The van der Waals surface area contributed by atoms with Crippen LogP contribution in [0.15, 0.2) is 22.5 Å². The Morgan fingerprint density at radius 1 is 1.53 bits per heavy atom. The van der Waals surface area contributed by atoms with E-state index in [-0.39, 0.29) is 0 Å². The summed E-state index contributed by atoms with van der Waals surface area (Å²) in [5, 5.41) is 9.84. The van der Waals surface area contributed by atoms with Crippen molar-refractivity contribution >= 4 is 29.1 Å². The molecule has 0 amide bonds. The fourth-order valence-corrected chi connectivity index (χ4v) is 3.78. The van der Waals surface area contributed by atoms with Crippen molar-refractivity contribution in [1.29, 1.82) is 0 Å². The maximum atomic E-state index is 4.67. The molecule has 1 fully saturated rings. The van der Waals surface area contributed by atoms with Crippen molar-refractivity contribution in [3.63, 3.8) is 0 Å². The van der Waals surface area contributed by atoms with Crippen LogP contribution in [0, 0.1) is 0 Å². The Morgan fingerprint density at radius 3 is 3.05 bits per heavy atom. The molecule has 0 aliphatic heterocycles. The molecule has 2 atom stereocenters. The van der Waals surface area contributed by atoms with Gasteiger partial charge in [-0.25, -0.2) is 4.99 Å². The van der Waals surface area contributed by atoms with E-state index in [4.69, 9.17) is 0 Å². The van der Waals surface area contributed by atoms with Gasteiger partial charge in [-0.3, -0.25) is 0 Å². The predicted octanol–water partition coefficient (Wildman–Crippen LogP) is 3.09. The van der Waals surface area contributed by atoms with Gasteiger partial charge in [-0.1, -0.05) is 6.07 Å². The van der Waals surface area contributed by atoms with Crippen molar-refractivity contribution in [1.82, 2.24) is 10.6 Å².